The Labute approximate surface area is 186 Å². The van der Waals surface area contributed by atoms with Gasteiger partial charge < -0.3 is 15.0 Å². The molecule has 1 aromatic carbocycles. The number of ether oxygens (including phenoxy) is 1. The van der Waals surface area contributed by atoms with Crippen molar-refractivity contribution in [3.05, 3.63) is 53.7 Å². The smallest absolute Gasteiger partial charge is 0.419 e. The zero-order valence-corrected chi connectivity index (χ0v) is 17.9. The number of rotatable bonds is 6. The van der Waals surface area contributed by atoms with Crippen LogP contribution >= 0.6 is 0 Å². The number of pyridine rings is 1. The van der Waals surface area contributed by atoms with E-state index in [2.05, 4.69) is 10.3 Å². The molecular weight excluding hydrogens is 419 g/mol. The molecule has 2 heterocycles. The Morgan fingerprint density at radius 2 is 1.88 bits per heavy atom. The summed E-state index contributed by atoms with van der Waals surface area (Å²) in [7, 11) is 0. The van der Waals surface area contributed by atoms with Crippen molar-refractivity contribution >= 4 is 11.7 Å². The summed E-state index contributed by atoms with van der Waals surface area (Å²) in [5.41, 5.74) is 0.142. The quantitative estimate of drug-likeness (QED) is 0.681. The highest BCUT2D eigenvalue weighted by Gasteiger charge is 2.37. The first-order valence-corrected chi connectivity index (χ1v) is 11.2. The summed E-state index contributed by atoms with van der Waals surface area (Å²) >= 11 is 0. The summed E-state index contributed by atoms with van der Waals surface area (Å²) in [5.74, 6) is 0.130. The second-order valence-electron chi connectivity index (χ2n) is 8.51. The first-order chi connectivity index (χ1) is 15.4. The molecule has 8 heteroatoms. The standard InChI is InChI=1S/C24H28F3N3O2/c25-24(26,27)20-11-5-13-28-22(20)30-14-6-8-18(16-30)23(31)29-15-17-7-1-4-12-21(17)32-19-9-2-3-10-19/h1,4-5,7,11-13,18-19H,2-3,6,8-10,14-16H2,(H,29,31). The van der Waals surface area contributed by atoms with Crippen LogP contribution in [0.25, 0.3) is 0 Å². The Balaban J connectivity index is 1.39. The van der Waals surface area contributed by atoms with Crippen molar-refractivity contribution in [2.45, 2.75) is 57.3 Å². The van der Waals surface area contributed by atoms with Crippen LogP contribution in [0.3, 0.4) is 0 Å². The van der Waals surface area contributed by atoms with Crippen molar-refractivity contribution in [3.8, 4) is 5.75 Å². The molecule has 1 unspecified atom stereocenters. The fraction of sp³-hybridized carbons (Fsp3) is 0.500. The Morgan fingerprint density at radius 3 is 2.66 bits per heavy atom. The number of hydrogen-bond donors (Lipinski definition) is 1. The topological polar surface area (TPSA) is 54.5 Å². The van der Waals surface area contributed by atoms with Crippen molar-refractivity contribution in [1.82, 2.24) is 10.3 Å². The summed E-state index contributed by atoms with van der Waals surface area (Å²) in [6.07, 6.45) is 2.81. The summed E-state index contributed by atoms with van der Waals surface area (Å²) in [4.78, 5) is 18.4. The van der Waals surface area contributed by atoms with E-state index in [0.717, 1.165) is 30.2 Å². The molecule has 2 aromatic rings. The molecule has 1 saturated carbocycles. The molecule has 1 atom stereocenters. The van der Waals surface area contributed by atoms with Crippen molar-refractivity contribution in [1.29, 1.82) is 0 Å². The highest BCUT2D eigenvalue weighted by molar-refractivity contribution is 5.79. The van der Waals surface area contributed by atoms with Crippen LogP contribution in [0.5, 0.6) is 5.75 Å². The number of piperidine rings is 1. The molecule has 32 heavy (non-hydrogen) atoms. The van der Waals surface area contributed by atoms with Crippen LogP contribution < -0.4 is 15.0 Å². The summed E-state index contributed by atoms with van der Waals surface area (Å²) in [6, 6.07) is 9.99. The predicted octanol–water partition coefficient (Wildman–Crippen LogP) is 4.95. The van der Waals surface area contributed by atoms with Crippen LogP contribution in [0.4, 0.5) is 19.0 Å². The lowest BCUT2D eigenvalue weighted by Gasteiger charge is -2.34. The Bertz CT molecular complexity index is 929. The number of para-hydroxylation sites is 1. The minimum atomic E-state index is -4.48. The predicted molar refractivity (Wildman–Crippen MR) is 115 cm³/mol. The first-order valence-electron chi connectivity index (χ1n) is 11.2. The van der Waals surface area contributed by atoms with Crippen LogP contribution in [-0.2, 0) is 17.5 Å². The number of carbonyl (C=O) groups is 1. The number of anilines is 1. The number of nitrogens with zero attached hydrogens (tertiary/aromatic N) is 2. The van der Waals surface area contributed by atoms with Crippen LogP contribution in [-0.4, -0.2) is 30.1 Å². The molecule has 1 aliphatic carbocycles. The number of carbonyl (C=O) groups excluding carboxylic acids is 1. The van der Waals surface area contributed by atoms with E-state index in [1.165, 1.54) is 25.1 Å². The summed E-state index contributed by atoms with van der Waals surface area (Å²) < 4.78 is 46.3. The van der Waals surface area contributed by atoms with E-state index in [-0.39, 0.29) is 24.4 Å². The SMILES string of the molecule is O=C(NCc1ccccc1OC1CCCC1)C1CCCN(c2ncccc2C(F)(F)F)C1. The van der Waals surface area contributed by atoms with Crippen molar-refractivity contribution in [2.24, 2.45) is 5.92 Å². The fourth-order valence-corrected chi connectivity index (χ4v) is 4.53. The van der Waals surface area contributed by atoms with Gasteiger partial charge in [0.1, 0.15) is 11.6 Å². The second-order valence-corrected chi connectivity index (χ2v) is 8.51. The molecule has 2 aliphatic rings. The molecule has 0 bridgehead atoms. The second kappa shape index (κ2) is 9.79. The molecule has 0 radical (unpaired) electrons. The zero-order valence-electron chi connectivity index (χ0n) is 17.9. The minimum absolute atomic E-state index is 0.104. The number of benzene rings is 1. The van der Waals surface area contributed by atoms with Crippen LogP contribution in [0.2, 0.25) is 0 Å². The fourth-order valence-electron chi connectivity index (χ4n) is 4.53. The molecule has 5 nitrogen and oxygen atoms in total. The molecule has 1 N–H and O–H groups in total. The lowest BCUT2D eigenvalue weighted by atomic mass is 9.96. The third kappa shape index (κ3) is 5.34. The third-order valence-corrected chi connectivity index (χ3v) is 6.21. The molecule has 1 aliphatic heterocycles. The van der Waals surface area contributed by atoms with Crippen molar-refractivity contribution in [3.63, 3.8) is 0 Å². The van der Waals surface area contributed by atoms with E-state index in [0.29, 0.717) is 25.9 Å². The molecule has 1 saturated heterocycles. The average Bonchev–Trinajstić information content (AvgIpc) is 3.31. The number of nitrogens with one attached hydrogen (secondary N) is 1. The summed E-state index contributed by atoms with van der Waals surface area (Å²) in [6.45, 7) is 0.990. The number of halogens is 3. The van der Waals surface area contributed by atoms with Gasteiger partial charge in [-0.1, -0.05) is 18.2 Å². The van der Waals surface area contributed by atoms with Gasteiger partial charge in [-0.15, -0.1) is 0 Å². The maximum absolute atomic E-state index is 13.4. The molecule has 0 spiro atoms. The highest BCUT2D eigenvalue weighted by atomic mass is 19.4. The van der Waals surface area contributed by atoms with E-state index in [1.807, 2.05) is 24.3 Å². The third-order valence-electron chi connectivity index (χ3n) is 6.21. The van der Waals surface area contributed by atoms with Crippen LogP contribution in [0, 0.1) is 5.92 Å². The van der Waals surface area contributed by atoms with Gasteiger partial charge >= 0.3 is 6.18 Å². The average molecular weight is 448 g/mol. The van der Waals surface area contributed by atoms with Crippen LogP contribution in [0.1, 0.15) is 49.7 Å². The van der Waals surface area contributed by atoms with Gasteiger partial charge in [0.15, 0.2) is 0 Å². The van der Waals surface area contributed by atoms with E-state index >= 15 is 0 Å². The largest absolute Gasteiger partial charge is 0.490 e. The molecular formula is C24H28F3N3O2. The van der Waals surface area contributed by atoms with Gasteiger partial charge in [-0.05, 0) is 56.7 Å². The number of aromatic nitrogens is 1. The Hall–Kier alpha value is -2.77. The number of hydrogen-bond acceptors (Lipinski definition) is 4. The van der Waals surface area contributed by atoms with E-state index in [4.69, 9.17) is 4.74 Å². The Morgan fingerprint density at radius 1 is 1.09 bits per heavy atom. The van der Waals surface area contributed by atoms with Crippen molar-refractivity contribution < 1.29 is 22.7 Å². The van der Waals surface area contributed by atoms with Gasteiger partial charge in [-0.25, -0.2) is 4.98 Å². The number of alkyl halides is 3. The molecule has 172 valence electrons. The van der Waals surface area contributed by atoms with Gasteiger partial charge in [0.25, 0.3) is 0 Å². The number of amides is 1. The zero-order chi connectivity index (χ0) is 22.6. The summed E-state index contributed by atoms with van der Waals surface area (Å²) in [5, 5.41) is 2.96. The maximum Gasteiger partial charge on any atom is 0.419 e. The maximum atomic E-state index is 13.4. The Kier molecular flexibility index (Phi) is 6.86. The van der Waals surface area contributed by atoms with Gasteiger partial charge in [-0.2, -0.15) is 13.2 Å². The monoisotopic (exact) mass is 447 g/mol. The van der Waals surface area contributed by atoms with Crippen molar-refractivity contribution in [2.75, 3.05) is 18.0 Å². The first kappa shape index (κ1) is 22.4. The van der Waals surface area contributed by atoms with E-state index in [1.54, 1.807) is 4.90 Å². The molecule has 2 fully saturated rings. The van der Waals surface area contributed by atoms with Gasteiger partial charge in [0, 0.05) is 31.4 Å². The van der Waals surface area contributed by atoms with Crippen LogP contribution in [0.15, 0.2) is 42.6 Å². The van der Waals surface area contributed by atoms with Gasteiger partial charge in [0.2, 0.25) is 5.91 Å². The van der Waals surface area contributed by atoms with Gasteiger partial charge in [0.05, 0.1) is 17.6 Å². The molecule has 1 amide bonds. The highest BCUT2D eigenvalue weighted by Crippen LogP contribution is 2.36. The molecule has 1 aromatic heterocycles. The van der Waals surface area contributed by atoms with Gasteiger partial charge in [-0.3, -0.25) is 4.79 Å². The minimum Gasteiger partial charge on any atom is -0.490 e. The van der Waals surface area contributed by atoms with E-state index in [9.17, 15) is 18.0 Å². The molecule has 4 rings (SSSR count). The normalized spacial score (nSPS) is 19.7. The lowest BCUT2D eigenvalue weighted by molar-refractivity contribution is -0.137. The lowest BCUT2D eigenvalue weighted by Crippen LogP contribution is -2.43. The van der Waals surface area contributed by atoms with E-state index < -0.39 is 17.7 Å².